The number of hydrogen-bond donors (Lipinski definition) is 3. The summed E-state index contributed by atoms with van der Waals surface area (Å²) in [6, 6.07) is 24.5. The van der Waals surface area contributed by atoms with Crippen molar-refractivity contribution in [3.8, 4) is 0 Å². The number of halogens is 3. The number of amides is 1. The molecule has 0 saturated heterocycles. The van der Waals surface area contributed by atoms with Crippen LogP contribution in [0.4, 0.5) is 11.4 Å². The third-order valence-electron chi connectivity index (χ3n) is 6.76. The van der Waals surface area contributed by atoms with Crippen LogP contribution < -0.4 is 40.2 Å². The fourth-order valence-electron chi connectivity index (χ4n) is 4.67. The molecule has 3 aliphatic rings. The van der Waals surface area contributed by atoms with Crippen LogP contribution in [-0.4, -0.2) is 33.1 Å². The molecule has 0 bridgehead atoms. The number of carbonyl (C=O) groups excluding carboxylic acids is 2. The molecule has 0 radical (unpaired) electrons. The van der Waals surface area contributed by atoms with Crippen molar-refractivity contribution in [2.45, 2.75) is 91.3 Å². The van der Waals surface area contributed by atoms with Crippen molar-refractivity contribution in [2.75, 3.05) is 17.2 Å². The van der Waals surface area contributed by atoms with Gasteiger partial charge in [0.15, 0.2) is 5.78 Å². The van der Waals surface area contributed by atoms with Gasteiger partial charge in [0.05, 0.1) is 0 Å². The fourth-order valence-corrected chi connectivity index (χ4v) is 4.67. The number of hydrogen-bond acceptors (Lipinski definition) is 4. The third-order valence-corrected chi connectivity index (χ3v) is 7.24. The topological polar surface area (TPSA) is 154 Å². The predicted molar refractivity (Wildman–Crippen MR) is 211 cm³/mol. The zero-order valence-electron chi connectivity index (χ0n) is 25.1. The molecule has 2 aliphatic heterocycles. The summed E-state index contributed by atoms with van der Waals surface area (Å²) in [5.41, 5.74) is 20.7. The summed E-state index contributed by atoms with van der Waals surface area (Å²) < 4.78 is -2.17. The van der Waals surface area contributed by atoms with Gasteiger partial charge >= 0.3 is 35.5 Å². The molecule has 0 unspecified atom stereocenters. The Kier molecular flexibility index (Phi) is 31.4. The zero-order chi connectivity index (χ0) is 32.4. The van der Waals surface area contributed by atoms with E-state index in [0.717, 1.165) is 49.9 Å². The van der Waals surface area contributed by atoms with Crippen molar-refractivity contribution in [3.05, 3.63) is 111 Å². The molecule has 0 aromatic heterocycles. The Morgan fingerprint density at radius 3 is 1.67 bits per heavy atom. The average molecular weight is 756 g/mol. The van der Waals surface area contributed by atoms with Gasteiger partial charge < -0.3 is 26.8 Å². The number of fused-ring (bicyclic) bond motifs is 3. The molecule has 13 heteroatoms. The second kappa shape index (κ2) is 29.0. The number of nitrogens with one attached hydrogen (secondary N) is 2. The van der Waals surface area contributed by atoms with Crippen LogP contribution in [-0.2, 0) is 28.9 Å². The minimum atomic E-state index is -2.17. The van der Waals surface area contributed by atoms with Crippen molar-refractivity contribution in [1.29, 1.82) is 0 Å². The van der Waals surface area contributed by atoms with E-state index in [1.807, 2.05) is 42.5 Å². The minimum Gasteiger partial charge on any atom is -0.478 e. The number of aryl methyl sites for hydroxylation is 3. The number of carboxylic acids is 1. The first kappa shape index (κ1) is 53.1. The molecule has 3 aromatic rings. The molecule has 49 heavy (non-hydrogen) atoms. The van der Waals surface area contributed by atoms with E-state index in [2.05, 4.69) is 41.0 Å². The van der Waals surface area contributed by atoms with Gasteiger partial charge in [-0.3, -0.25) is 14.5 Å². The first-order chi connectivity index (χ1) is 21.1. The Balaban J connectivity index is -0.0000000976. The molecule has 272 valence electrons. The molecular weight excluding hydrogens is 696 g/mol. The van der Waals surface area contributed by atoms with Crippen molar-refractivity contribution in [1.82, 2.24) is 0 Å². The van der Waals surface area contributed by atoms with Gasteiger partial charge in [-0.15, -0.1) is 0 Å². The Morgan fingerprint density at radius 2 is 1.12 bits per heavy atom. The summed E-state index contributed by atoms with van der Waals surface area (Å²) in [6.07, 6.45) is 9.31. The molecule has 9 nitrogen and oxygen atoms in total. The number of alkyl halides is 3. The van der Waals surface area contributed by atoms with E-state index >= 15 is 0 Å². The van der Waals surface area contributed by atoms with Gasteiger partial charge in [0.25, 0.3) is 3.79 Å². The Bertz CT molecular complexity index is 1420. The summed E-state index contributed by atoms with van der Waals surface area (Å²) in [4.78, 5) is 33.5. The number of benzene rings is 3. The number of ketones is 1. The molecule has 3 N–H and O–H groups in total. The van der Waals surface area contributed by atoms with E-state index in [0.29, 0.717) is 12.2 Å². The first-order valence-electron chi connectivity index (χ1n) is 14.2. The number of carboxylic acid groups (broad SMARTS) is 1. The van der Waals surface area contributed by atoms with E-state index in [4.69, 9.17) is 51.0 Å². The standard InChI is InChI=1S/C10H11NO.C10H13N.C10H10O.C2HCl3O2.4CH4.N3.Na.3H2/c12-10-7-3-5-8-4-1-2-6-9(8)11-10;1-2-7-10-9(5-1)6-3-4-8-11-10;11-10-7-3-5-8-4-1-2-6-9(8)10;3-2(4,5)1(6)7;;;;;1-3-2;;;;/h1-2,4,6H,3,5,7H2,(H,11,12);1-2,5,7,11H,3-4,6,8H2;1-2,4,6H,3,5,7H2;(H,6,7);4*1H4;;;3*1H/q;;;;;;;;-1;+1;;;/i;;;;;;;;;;3*1+1. The summed E-state index contributed by atoms with van der Waals surface area (Å²) in [7, 11) is 0. The fraction of sp³-hybridized carbons (Fsp3) is 0.417. The Labute approximate surface area is 334 Å². The molecule has 1 aliphatic carbocycles. The van der Waals surface area contributed by atoms with Gasteiger partial charge in [0.1, 0.15) is 0 Å². The first-order valence-corrected chi connectivity index (χ1v) is 15.3. The van der Waals surface area contributed by atoms with Crippen LogP contribution in [0.25, 0.3) is 16.0 Å². The second-order valence-corrected chi connectivity index (χ2v) is 12.2. The summed E-state index contributed by atoms with van der Waals surface area (Å²) >= 11 is 14.4. The van der Waals surface area contributed by atoms with Gasteiger partial charge in [-0.1, -0.05) is 125 Å². The van der Waals surface area contributed by atoms with Crippen LogP contribution in [0.2, 0.25) is 0 Å². The SMILES string of the molecule is C.C.C.C.O=C(O)C(Cl)(Cl)Cl.O=C1CCCc2ccccc21.O=C1CCCc2ccccc2N1.[2HH].[2HH].[2HH].[N-]=[N+]=[N-].[Na+].c1ccc2c(c1)CCCCN2. The molecule has 3 aromatic carbocycles. The van der Waals surface area contributed by atoms with Crippen LogP contribution in [0, 0.1) is 0 Å². The summed E-state index contributed by atoms with van der Waals surface area (Å²) in [5.74, 6) is -1.01. The molecule has 0 spiro atoms. The normalized spacial score (nSPS) is 13.0. The summed E-state index contributed by atoms with van der Waals surface area (Å²) in [6.45, 7) is 1.14. The third kappa shape index (κ3) is 20.5. The smallest absolute Gasteiger partial charge is 0.478 e. The number of nitrogens with zero attached hydrogens (tertiary/aromatic N) is 3. The summed E-state index contributed by atoms with van der Waals surface area (Å²) in [5, 5.41) is 14.2. The van der Waals surface area contributed by atoms with Crippen molar-refractivity contribution >= 4 is 63.8 Å². The van der Waals surface area contributed by atoms with Gasteiger partial charge in [-0.05, 0) is 73.8 Å². The minimum absolute atomic E-state index is 0. The van der Waals surface area contributed by atoms with Gasteiger partial charge in [-0.25, -0.2) is 4.79 Å². The van der Waals surface area contributed by atoms with Crippen LogP contribution in [0.1, 0.15) is 99.6 Å². The Hall–Kier alpha value is -2.75. The zero-order valence-corrected chi connectivity index (χ0v) is 29.4. The second-order valence-electron chi connectivity index (χ2n) is 9.93. The van der Waals surface area contributed by atoms with Crippen LogP contribution in [0.15, 0.2) is 72.8 Å². The van der Waals surface area contributed by atoms with Crippen LogP contribution in [0.3, 0.4) is 0 Å². The maximum absolute atomic E-state index is 11.3. The number of Topliss-reactive ketones (excluding diaryl/α,β-unsaturated/α-hetero) is 1. The van der Waals surface area contributed by atoms with Crippen LogP contribution >= 0.6 is 34.8 Å². The van der Waals surface area contributed by atoms with Crippen LogP contribution in [0.5, 0.6) is 0 Å². The number of para-hydroxylation sites is 2. The number of carbonyl (C=O) groups is 3. The van der Waals surface area contributed by atoms with E-state index in [1.165, 1.54) is 46.6 Å². The number of anilines is 2. The van der Waals surface area contributed by atoms with Crippen molar-refractivity contribution in [2.24, 2.45) is 0 Å². The molecule has 6 rings (SSSR count). The van der Waals surface area contributed by atoms with Gasteiger partial charge in [-0.2, -0.15) is 0 Å². The van der Waals surface area contributed by atoms with Gasteiger partial charge in [0, 0.05) is 40.6 Å². The van der Waals surface area contributed by atoms with E-state index < -0.39 is 9.76 Å². The van der Waals surface area contributed by atoms with E-state index in [9.17, 15) is 14.4 Å². The van der Waals surface area contributed by atoms with Gasteiger partial charge in [0.2, 0.25) is 5.91 Å². The molecule has 0 saturated carbocycles. The van der Waals surface area contributed by atoms with E-state index in [1.54, 1.807) is 0 Å². The molecule has 2 heterocycles. The largest absolute Gasteiger partial charge is 1.00 e. The van der Waals surface area contributed by atoms with E-state index in [-0.39, 0.29) is 69.5 Å². The predicted octanol–water partition coefficient (Wildman–Crippen LogP) is 9.20. The molecule has 1 amide bonds. The number of rotatable bonds is 0. The maximum Gasteiger partial charge on any atom is 1.00 e. The molecule has 0 atom stereocenters. The monoisotopic (exact) mass is 754 g/mol. The quantitative estimate of drug-likeness (QED) is 0.0686. The van der Waals surface area contributed by atoms with Crippen molar-refractivity contribution < 1.29 is 53.3 Å². The molecular formula is C36H57Cl3N5NaO4. The van der Waals surface area contributed by atoms with Crippen molar-refractivity contribution in [3.63, 3.8) is 0 Å². The maximum atomic E-state index is 11.3. The number of aliphatic carboxylic acids is 1. The molecule has 0 fully saturated rings. The average Bonchev–Trinajstić information content (AvgIpc) is 3.36. The Morgan fingerprint density at radius 1 is 0.694 bits per heavy atom.